The molecule has 1 N–H and O–H groups in total. The van der Waals surface area contributed by atoms with Crippen molar-refractivity contribution in [3.8, 4) is 11.5 Å². The predicted molar refractivity (Wildman–Crippen MR) is 176 cm³/mol. The average molecular weight is 772 g/mol. The van der Waals surface area contributed by atoms with Crippen molar-refractivity contribution in [2.75, 3.05) is 18.6 Å². The summed E-state index contributed by atoms with van der Waals surface area (Å²) in [5.41, 5.74) is -0.400. The molecule has 1 aromatic heterocycles. The van der Waals surface area contributed by atoms with Gasteiger partial charge in [0.25, 0.3) is 0 Å². The first-order chi connectivity index (χ1) is 24.6. The Labute approximate surface area is 299 Å². The first-order valence-electron chi connectivity index (χ1n) is 16.0. The van der Waals surface area contributed by atoms with E-state index in [1.807, 2.05) is 32.9 Å². The number of carbonyl (C=O) groups is 1. The maximum atomic E-state index is 15.0. The number of aromatic hydroxyl groups is 1. The quantitative estimate of drug-likeness (QED) is 0.0941. The predicted octanol–water partition coefficient (Wildman–Crippen LogP) is 8.11. The highest BCUT2D eigenvalue weighted by Gasteiger charge is 2.41. The number of halogens is 8. The number of phenolic OH excluding ortho intramolecular Hbond substituents is 1. The smallest absolute Gasteiger partial charge is 0.416 e. The third kappa shape index (κ3) is 8.25. The van der Waals surface area contributed by atoms with E-state index in [2.05, 4.69) is 4.98 Å². The number of pyridine rings is 1. The fourth-order valence-corrected chi connectivity index (χ4v) is 7.18. The van der Waals surface area contributed by atoms with E-state index in [-0.39, 0.29) is 39.4 Å². The number of hydrogen-bond donors (Lipinski definition) is 1. The van der Waals surface area contributed by atoms with Gasteiger partial charge in [0.15, 0.2) is 28.2 Å². The maximum Gasteiger partial charge on any atom is 0.416 e. The number of amides is 1. The van der Waals surface area contributed by atoms with E-state index in [4.69, 9.17) is 4.74 Å². The fourth-order valence-electron chi connectivity index (χ4n) is 5.70. The highest BCUT2D eigenvalue weighted by molar-refractivity contribution is 7.89. The Morgan fingerprint density at radius 2 is 1.53 bits per heavy atom. The van der Waals surface area contributed by atoms with Crippen LogP contribution >= 0.6 is 0 Å². The highest BCUT2D eigenvalue weighted by atomic mass is 32.2. The molecule has 3 aromatic carbocycles. The van der Waals surface area contributed by atoms with Gasteiger partial charge in [0.1, 0.15) is 11.5 Å². The summed E-state index contributed by atoms with van der Waals surface area (Å²) in [6.07, 6.45) is -1.96. The molecule has 1 aliphatic rings. The van der Waals surface area contributed by atoms with Crippen molar-refractivity contribution >= 4 is 21.6 Å². The molecule has 0 atom stereocenters. The van der Waals surface area contributed by atoms with Gasteiger partial charge < -0.3 is 14.7 Å². The Morgan fingerprint density at radius 1 is 0.906 bits per heavy atom. The van der Waals surface area contributed by atoms with Gasteiger partial charge >= 0.3 is 6.18 Å². The molecule has 1 fully saturated rings. The van der Waals surface area contributed by atoms with Gasteiger partial charge in [0, 0.05) is 25.0 Å². The third-order valence-electron chi connectivity index (χ3n) is 8.66. The summed E-state index contributed by atoms with van der Waals surface area (Å²) >= 11 is 0. The molecule has 5 rings (SSSR count). The van der Waals surface area contributed by atoms with E-state index in [1.165, 1.54) is 19.2 Å². The largest absolute Gasteiger partial charge is 0.508 e. The number of benzene rings is 3. The molecular formula is C36H33F8N3O5S. The van der Waals surface area contributed by atoms with Gasteiger partial charge in [-0.15, -0.1) is 0 Å². The molecule has 53 heavy (non-hydrogen) atoms. The molecule has 0 bridgehead atoms. The Balaban J connectivity index is 1.68. The molecule has 1 aliphatic carbocycles. The van der Waals surface area contributed by atoms with Crippen molar-refractivity contribution in [3.63, 3.8) is 0 Å². The second kappa shape index (κ2) is 14.6. The SMILES string of the molecule is COc1cc(O)ccc1N(Cc1cc(C2CC2)cc(C(C)(C)C)c1)C(=O)CN(Cc1cnccc1C(F)(F)F)S(=O)(=O)c1c(F)c(F)c(F)c(F)c1F. The lowest BCUT2D eigenvalue weighted by molar-refractivity contribution is -0.138. The Kier molecular flexibility index (Phi) is 10.8. The van der Waals surface area contributed by atoms with Gasteiger partial charge in [-0.25, -0.2) is 30.4 Å². The number of ether oxygens (including phenoxy) is 1. The first-order valence-corrected chi connectivity index (χ1v) is 17.4. The molecule has 0 saturated heterocycles. The number of aromatic nitrogens is 1. The number of anilines is 1. The van der Waals surface area contributed by atoms with Gasteiger partial charge in [-0.3, -0.25) is 9.78 Å². The van der Waals surface area contributed by atoms with Crippen molar-refractivity contribution in [2.24, 2.45) is 0 Å². The zero-order valence-corrected chi connectivity index (χ0v) is 29.5. The van der Waals surface area contributed by atoms with Gasteiger partial charge in [-0.1, -0.05) is 39.0 Å². The van der Waals surface area contributed by atoms with E-state index in [0.29, 0.717) is 17.8 Å². The number of phenols is 1. The van der Waals surface area contributed by atoms with Crippen LogP contribution in [0.25, 0.3) is 0 Å². The topological polar surface area (TPSA) is 100 Å². The minimum Gasteiger partial charge on any atom is -0.508 e. The van der Waals surface area contributed by atoms with Gasteiger partial charge in [0.05, 0.1) is 31.5 Å². The number of carbonyl (C=O) groups excluding carboxylic acids is 1. The van der Waals surface area contributed by atoms with Gasteiger partial charge in [-0.2, -0.15) is 17.5 Å². The lowest BCUT2D eigenvalue weighted by atomic mass is 9.84. The van der Waals surface area contributed by atoms with Crippen LogP contribution < -0.4 is 9.64 Å². The number of sulfonamides is 1. The number of rotatable bonds is 11. The normalized spacial score (nSPS) is 13.8. The van der Waals surface area contributed by atoms with E-state index in [0.717, 1.165) is 41.1 Å². The second-order valence-corrected chi connectivity index (χ2v) is 15.4. The van der Waals surface area contributed by atoms with Crippen LogP contribution in [0.5, 0.6) is 11.5 Å². The second-order valence-electron chi connectivity index (χ2n) is 13.5. The number of alkyl halides is 3. The summed E-state index contributed by atoms with van der Waals surface area (Å²) in [5, 5.41) is 10.1. The number of nitrogens with zero attached hydrogens (tertiary/aromatic N) is 3. The zero-order chi connectivity index (χ0) is 39.2. The Morgan fingerprint density at radius 3 is 2.09 bits per heavy atom. The summed E-state index contributed by atoms with van der Waals surface area (Å²) < 4.78 is 148. The van der Waals surface area contributed by atoms with Crippen LogP contribution in [0.15, 0.2) is 59.8 Å². The van der Waals surface area contributed by atoms with Crippen molar-refractivity contribution in [1.82, 2.24) is 9.29 Å². The van der Waals surface area contributed by atoms with E-state index >= 15 is 8.78 Å². The van der Waals surface area contributed by atoms with Crippen LogP contribution in [0.4, 0.5) is 40.8 Å². The molecule has 0 unspecified atom stereocenters. The lowest BCUT2D eigenvalue weighted by Gasteiger charge is -2.30. The number of methoxy groups -OCH3 is 1. The zero-order valence-electron chi connectivity index (χ0n) is 28.7. The summed E-state index contributed by atoms with van der Waals surface area (Å²) in [6.45, 7) is 2.65. The van der Waals surface area contributed by atoms with Crippen molar-refractivity contribution in [1.29, 1.82) is 0 Å². The van der Waals surface area contributed by atoms with Gasteiger partial charge in [-0.05, 0) is 64.6 Å². The van der Waals surface area contributed by atoms with E-state index in [1.54, 1.807) is 6.07 Å². The molecule has 1 amide bonds. The standard InChI is InChI=1S/C36H33F8N3O5S/c1-35(2,3)23-12-19(11-21(13-23)20-5-6-20)16-47(26-8-7-24(48)14-27(26)52-4)28(49)18-46(17-22-15-45-10-9-25(22)36(42,43)44)53(50,51)34-32(40)30(38)29(37)31(39)33(34)41/h7-15,20,48H,5-6,16-18H2,1-4H3. The molecule has 17 heteroatoms. The maximum absolute atomic E-state index is 15.0. The molecule has 4 aromatic rings. The van der Waals surface area contributed by atoms with E-state index in [9.17, 15) is 44.7 Å². The molecule has 8 nitrogen and oxygen atoms in total. The summed E-state index contributed by atoms with van der Waals surface area (Å²) in [4.78, 5) is 16.6. The minimum atomic E-state index is -6.00. The summed E-state index contributed by atoms with van der Waals surface area (Å²) in [5.74, 6) is -14.9. The molecule has 0 radical (unpaired) electrons. The minimum absolute atomic E-state index is 0.0598. The van der Waals surface area contributed by atoms with Crippen molar-refractivity contribution < 1.29 is 58.2 Å². The molecule has 284 valence electrons. The average Bonchev–Trinajstić information content (AvgIpc) is 3.94. The number of hydrogen-bond acceptors (Lipinski definition) is 6. The Hall–Kier alpha value is -4.77. The molecule has 0 aliphatic heterocycles. The van der Waals surface area contributed by atoms with Gasteiger partial charge in [0.2, 0.25) is 21.7 Å². The Bertz CT molecular complexity index is 2140. The summed E-state index contributed by atoms with van der Waals surface area (Å²) in [6, 6.07) is 9.68. The van der Waals surface area contributed by atoms with Crippen LogP contribution in [0, 0.1) is 29.1 Å². The van der Waals surface area contributed by atoms with E-state index < -0.39 is 80.3 Å². The highest BCUT2D eigenvalue weighted by Crippen LogP contribution is 2.43. The molecule has 1 saturated carbocycles. The van der Waals surface area contributed by atoms with Crippen LogP contribution in [0.3, 0.4) is 0 Å². The van der Waals surface area contributed by atoms with Crippen LogP contribution in [0.2, 0.25) is 0 Å². The van der Waals surface area contributed by atoms with Crippen LogP contribution in [-0.4, -0.2) is 42.4 Å². The summed E-state index contributed by atoms with van der Waals surface area (Å²) in [7, 11) is -4.80. The monoisotopic (exact) mass is 771 g/mol. The fraction of sp³-hybridized carbons (Fsp3) is 0.333. The van der Waals surface area contributed by atoms with Crippen molar-refractivity contribution in [3.05, 3.63) is 112 Å². The molecule has 0 spiro atoms. The lowest BCUT2D eigenvalue weighted by Crippen LogP contribution is -2.43. The van der Waals surface area contributed by atoms with Crippen molar-refractivity contribution in [2.45, 2.75) is 69.1 Å². The molecule has 1 heterocycles. The third-order valence-corrected chi connectivity index (χ3v) is 10.5. The molecular weight excluding hydrogens is 738 g/mol. The van der Waals surface area contributed by atoms with Crippen LogP contribution in [-0.2, 0) is 39.5 Å². The first kappa shape index (κ1) is 39.4. The van der Waals surface area contributed by atoms with Crippen LogP contribution in [0.1, 0.15) is 67.3 Å².